The molecule has 3 rings (SSSR count). The number of aryl methyl sites for hydroxylation is 2. The zero-order valence-corrected chi connectivity index (χ0v) is 16.0. The van der Waals surface area contributed by atoms with Gasteiger partial charge in [-0.05, 0) is 13.0 Å². The third-order valence-electron chi connectivity index (χ3n) is 4.39. The van der Waals surface area contributed by atoms with Crippen molar-refractivity contribution in [1.29, 1.82) is 0 Å². The number of carbonyl (C=O) groups is 1. The predicted molar refractivity (Wildman–Crippen MR) is 90.5 cm³/mol. The van der Waals surface area contributed by atoms with Gasteiger partial charge < -0.3 is 4.90 Å². The maximum atomic E-state index is 13.0. The highest BCUT2D eigenvalue weighted by molar-refractivity contribution is 7.89. The number of piperazine rings is 1. The molecule has 0 aliphatic carbocycles. The second-order valence-electron chi connectivity index (χ2n) is 6.46. The van der Waals surface area contributed by atoms with Gasteiger partial charge in [-0.3, -0.25) is 14.2 Å². The van der Waals surface area contributed by atoms with Crippen molar-refractivity contribution in [2.45, 2.75) is 24.5 Å². The largest absolute Gasteiger partial charge is 0.433 e. The van der Waals surface area contributed by atoms with Gasteiger partial charge in [0, 0.05) is 39.4 Å². The molecule has 28 heavy (non-hydrogen) atoms. The Kier molecular flexibility index (Phi) is 5.23. The average molecular weight is 420 g/mol. The smallest absolute Gasteiger partial charge is 0.338 e. The average Bonchev–Trinajstić information content (AvgIpc) is 3.21. The van der Waals surface area contributed by atoms with Crippen LogP contribution in [0.5, 0.6) is 0 Å². The van der Waals surface area contributed by atoms with Crippen molar-refractivity contribution < 1.29 is 26.4 Å². The third kappa shape index (κ3) is 4.04. The molecule has 0 saturated carbocycles. The summed E-state index contributed by atoms with van der Waals surface area (Å²) < 4.78 is 67.4. The van der Waals surface area contributed by atoms with E-state index in [4.69, 9.17) is 0 Å². The first-order chi connectivity index (χ1) is 13.0. The summed E-state index contributed by atoms with van der Waals surface area (Å²) in [5, 5.41) is 7.58. The normalized spacial score (nSPS) is 16.5. The van der Waals surface area contributed by atoms with E-state index in [9.17, 15) is 26.4 Å². The fourth-order valence-electron chi connectivity index (χ4n) is 2.98. The second kappa shape index (κ2) is 7.20. The van der Waals surface area contributed by atoms with Gasteiger partial charge in [-0.25, -0.2) is 8.42 Å². The quantitative estimate of drug-likeness (QED) is 0.717. The molecule has 1 aliphatic rings. The number of nitrogens with zero attached hydrogens (tertiary/aromatic N) is 6. The van der Waals surface area contributed by atoms with Crippen LogP contribution in [0.1, 0.15) is 11.4 Å². The van der Waals surface area contributed by atoms with Crippen molar-refractivity contribution in [2.75, 3.05) is 26.2 Å². The van der Waals surface area contributed by atoms with Crippen molar-refractivity contribution in [2.24, 2.45) is 7.05 Å². The molecule has 9 nitrogen and oxygen atoms in total. The summed E-state index contributed by atoms with van der Waals surface area (Å²) in [5.41, 5.74) is -0.830. The van der Waals surface area contributed by atoms with Crippen LogP contribution < -0.4 is 0 Å². The summed E-state index contributed by atoms with van der Waals surface area (Å²) in [4.78, 5) is 13.8. The van der Waals surface area contributed by atoms with Crippen molar-refractivity contribution in [3.63, 3.8) is 0 Å². The number of halogens is 3. The Morgan fingerprint density at radius 2 is 1.86 bits per heavy atom. The maximum absolute atomic E-state index is 13.0. The summed E-state index contributed by atoms with van der Waals surface area (Å²) in [5.74, 6) is -0.549. The van der Waals surface area contributed by atoms with E-state index in [1.165, 1.54) is 33.2 Å². The lowest BCUT2D eigenvalue weighted by Crippen LogP contribution is -2.51. The summed E-state index contributed by atoms with van der Waals surface area (Å²) in [6.45, 7) is 1.12. The third-order valence-corrected chi connectivity index (χ3v) is 6.24. The molecule has 1 saturated heterocycles. The lowest BCUT2D eigenvalue weighted by molar-refractivity contribution is -0.146. The van der Waals surface area contributed by atoms with Crippen molar-refractivity contribution in [1.82, 2.24) is 28.8 Å². The van der Waals surface area contributed by atoms with E-state index < -0.39 is 34.3 Å². The van der Waals surface area contributed by atoms with Gasteiger partial charge in [0.25, 0.3) is 0 Å². The molecule has 3 heterocycles. The minimum atomic E-state index is -4.61. The van der Waals surface area contributed by atoms with Crippen molar-refractivity contribution in [3.8, 4) is 0 Å². The molecule has 0 aromatic carbocycles. The number of aromatic nitrogens is 4. The SMILES string of the molecule is Cc1cc(C(F)(F)F)n(CC(=O)N2CCN(S(=O)(=O)c3cnn(C)c3)CC2)n1. The number of hydrogen-bond acceptors (Lipinski definition) is 5. The van der Waals surface area contributed by atoms with Gasteiger partial charge in [-0.15, -0.1) is 0 Å². The van der Waals surface area contributed by atoms with Crippen LogP contribution in [0.15, 0.2) is 23.4 Å². The molecule has 0 bridgehead atoms. The van der Waals surface area contributed by atoms with E-state index in [0.29, 0.717) is 4.68 Å². The molecule has 2 aromatic heterocycles. The summed E-state index contributed by atoms with van der Waals surface area (Å²) in [6, 6.07) is 0.881. The minimum absolute atomic E-state index is 0.0488. The van der Waals surface area contributed by atoms with E-state index in [0.717, 1.165) is 6.07 Å². The van der Waals surface area contributed by atoms with Crippen LogP contribution in [-0.4, -0.2) is 69.3 Å². The molecule has 1 aliphatic heterocycles. The summed E-state index contributed by atoms with van der Waals surface area (Å²) in [6.07, 6.45) is -1.99. The lowest BCUT2D eigenvalue weighted by atomic mass is 10.3. The first-order valence-electron chi connectivity index (χ1n) is 8.36. The maximum Gasteiger partial charge on any atom is 0.433 e. The predicted octanol–water partition coefficient (Wildman–Crippen LogP) is 0.477. The van der Waals surface area contributed by atoms with Crippen LogP contribution in [0.4, 0.5) is 13.2 Å². The standard InChI is InChI=1S/C15H19F3N6O3S/c1-11-7-13(15(16,17)18)24(20-11)10-14(25)22-3-5-23(6-4-22)28(26,27)12-8-19-21(2)9-12/h7-9H,3-6,10H2,1-2H3. The lowest BCUT2D eigenvalue weighted by Gasteiger charge is -2.33. The van der Waals surface area contributed by atoms with Gasteiger partial charge in [-0.2, -0.15) is 27.7 Å². The number of alkyl halides is 3. The number of sulfonamides is 1. The Morgan fingerprint density at radius 3 is 2.39 bits per heavy atom. The summed E-state index contributed by atoms with van der Waals surface area (Å²) >= 11 is 0. The molecule has 1 amide bonds. The van der Waals surface area contributed by atoms with Crippen molar-refractivity contribution >= 4 is 15.9 Å². The highest BCUT2D eigenvalue weighted by Crippen LogP contribution is 2.29. The monoisotopic (exact) mass is 420 g/mol. The molecule has 1 fully saturated rings. The van der Waals surface area contributed by atoms with Gasteiger partial charge in [0.15, 0.2) is 0 Å². The molecule has 0 spiro atoms. The van der Waals surface area contributed by atoms with Crippen LogP contribution in [-0.2, 0) is 34.6 Å². The Hall–Kier alpha value is -2.41. The van der Waals surface area contributed by atoms with Crippen LogP contribution in [0.2, 0.25) is 0 Å². The fourth-order valence-corrected chi connectivity index (χ4v) is 4.39. The highest BCUT2D eigenvalue weighted by atomic mass is 32.2. The molecule has 0 unspecified atom stereocenters. The Morgan fingerprint density at radius 1 is 1.21 bits per heavy atom. The zero-order chi connectivity index (χ0) is 20.7. The molecular formula is C15H19F3N6O3S. The molecule has 0 radical (unpaired) electrons. The molecule has 154 valence electrons. The first kappa shape index (κ1) is 20.3. The summed E-state index contributed by atoms with van der Waals surface area (Å²) in [7, 11) is -2.13. The molecular weight excluding hydrogens is 401 g/mol. The number of amides is 1. The van der Waals surface area contributed by atoms with E-state index in [1.54, 1.807) is 7.05 Å². The molecule has 0 N–H and O–H groups in total. The highest BCUT2D eigenvalue weighted by Gasteiger charge is 2.37. The van der Waals surface area contributed by atoms with E-state index >= 15 is 0 Å². The molecule has 13 heteroatoms. The molecule has 2 aromatic rings. The minimum Gasteiger partial charge on any atom is -0.338 e. The van der Waals surface area contributed by atoms with Crippen LogP contribution in [0.25, 0.3) is 0 Å². The number of carbonyl (C=O) groups excluding carboxylic acids is 1. The van der Waals surface area contributed by atoms with E-state index in [2.05, 4.69) is 10.2 Å². The van der Waals surface area contributed by atoms with Crippen LogP contribution >= 0.6 is 0 Å². The van der Waals surface area contributed by atoms with Crippen molar-refractivity contribution in [3.05, 3.63) is 29.8 Å². The molecule has 0 atom stereocenters. The van der Waals surface area contributed by atoms with Crippen LogP contribution in [0.3, 0.4) is 0 Å². The van der Waals surface area contributed by atoms with Gasteiger partial charge in [0.2, 0.25) is 15.9 Å². The van der Waals surface area contributed by atoms with Gasteiger partial charge in [0.1, 0.15) is 17.1 Å². The van der Waals surface area contributed by atoms with Crippen LogP contribution in [0, 0.1) is 6.92 Å². The first-order valence-corrected chi connectivity index (χ1v) is 9.80. The zero-order valence-electron chi connectivity index (χ0n) is 15.2. The van der Waals surface area contributed by atoms with Gasteiger partial charge in [0.05, 0.1) is 11.9 Å². The Labute approximate surface area is 159 Å². The Balaban J connectivity index is 1.65. The number of rotatable bonds is 4. The van der Waals surface area contributed by atoms with Gasteiger partial charge >= 0.3 is 6.18 Å². The van der Waals surface area contributed by atoms with E-state index in [1.807, 2.05) is 0 Å². The fraction of sp³-hybridized carbons (Fsp3) is 0.533. The Bertz CT molecular complexity index is 974. The number of hydrogen-bond donors (Lipinski definition) is 0. The van der Waals surface area contributed by atoms with Gasteiger partial charge in [-0.1, -0.05) is 0 Å². The second-order valence-corrected chi connectivity index (χ2v) is 8.40. The topological polar surface area (TPSA) is 93.3 Å². The van der Waals surface area contributed by atoms with E-state index in [-0.39, 0.29) is 36.8 Å².